The van der Waals surface area contributed by atoms with Gasteiger partial charge in [-0.05, 0) is 56.5 Å². The van der Waals surface area contributed by atoms with E-state index in [-0.39, 0.29) is 6.04 Å². The Morgan fingerprint density at radius 2 is 1.86 bits per heavy atom. The van der Waals surface area contributed by atoms with Crippen LogP contribution in [0.5, 0.6) is 0 Å². The minimum absolute atomic E-state index is 0.226. The quantitative estimate of drug-likeness (QED) is 0.656. The lowest BCUT2D eigenvalue weighted by Gasteiger charge is -2.24. The molecule has 1 N–H and O–H groups in total. The van der Waals surface area contributed by atoms with E-state index in [1.807, 2.05) is 29.5 Å². The Morgan fingerprint density at radius 1 is 1.14 bits per heavy atom. The fourth-order valence-electron chi connectivity index (χ4n) is 2.68. The van der Waals surface area contributed by atoms with Gasteiger partial charge in [0.1, 0.15) is 0 Å². The third-order valence-electron chi connectivity index (χ3n) is 3.74. The van der Waals surface area contributed by atoms with Crippen molar-refractivity contribution in [2.24, 2.45) is 0 Å². The van der Waals surface area contributed by atoms with Crippen molar-refractivity contribution in [3.05, 3.63) is 55.2 Å². The molecule has 0 fully saturated rings. The van der Waals surface area contributed by atoms with Crippen molar-refractivity contribution in [1.82, 2.24) is 5.32 Å². The molecule has 0 saturated carbocycles. The number of thiophene rings is 1. The second kappa shape index (κ2) is 7.15. The lowest BCUT2D eigenvalue weighted by molar-refractivity contribution is 0.456. The summed E-state index contributed by atoms with van der Waals surface area (Å²) in [6.45, 7) is 8.71. The number of rotatable bonds is 5. The maximum Gasteiger partial charge on any atom is 0.0468 e. The van der Waals surface area contributed by atoms with Gasteiger partial charge in [-0.2, -0.15) is 0 Å². The van der Waals surface area contributed by atoms with E-state index < -0.39 is 0 Å². The molecule has 0 aliphatic carbocycles. The van der Waals surface area contributed by atoms with Gasteiger partial charge in [0.05, 0.1) is 0 Å². The van der Waals surface area contributed by atoms with E-state index in [9.17, 15) is 0 Å². The first-order valence-corrected chi connectivity index (χ1v) is 8.77. The highest BCUT2D eigenvalue weighted by Crippen LogP contribution is 2.32. The molecular formula is C17H21Cl2NS. The van der Waals surface area contributed by atoms with E-state index in [4.69, 9.17) is 23.2 Å². The summed E-state index contributed by atoms with van der Waals surface area (Å²) in [4.78, 5) is 2.73. The van der Waals surface area contributed by atoms with Crippen LogP contribution in [0.2, 0.25) is 10.0 Å². The molecule has 0 radical (unpaired) electrons. The molecule has 21 heavy (non-hydrogen) atoms. The number of halogens is 2. The first kappa shape index (κ1) is 16.8. The Labute approximate surface area is 141 Å². The lowest BCUT2D eigenvalue weighted by atomic mass is 10.0. The van der Waals surface area contributed by atoms with E-state index in [1.165, 1.54) is 15.3 Å². The number of aryl methyl sites for hydroxylation is 2. The van der Waals surface area contributed by atoms with Gasteiger partial charge < -0.3 is 5.32 Å². The van der Waals surface area contributed by atoms with Crippen molar-refractivity contribution in [3.63, 3.8) is 0 Å². The highest BCUT2D eigenvalue weighted by atomic mass is 35.5. The Kier molecular flexibility index (Phi) is 5.73. The van der Waals surface area contributed by atoms with Crippen molar-refractivity contribution < 1.29 is 0 Å². The molecule has 0 saturated heterocycles. The summed E-state index contributed by atoms with van der Waals surface area (Å²) in [6.07, 6.45) is 0.980. The van der Waals surface area contributed by atoms with Crippen molar-refractivity contribution in [1.29, 1.82) is 0 Å². The highest BCUT2D eigenvalue weighted by Gasteiger charge is 2.18. The van der Waals surface area contributed by atoms with Crippen LogP contribution in [0, 0.1) is 13.8 Å². The topological polar surface area (TPSA) is 12.0 Å². The highest BCUT2D eigenvalue weighted by molar-refractivity contribution is 7.12. The summed E-state index contributed by atoms with van der Waals surface area (Å²) in [5, 5.41) is 5.10. The summed E-state index contributed by atoms with van der Waals surface area (Å²) < 4.78 is 0. The minimum atomic E-state index is 0.226. The second-order valence-corrected chi connectivity index (χ2v) is 7.69. The van der Waals surface area contributed by atoms with Crippen LogP contribution in [0.1, 0.15) is 53.2 Å². The zero-order chi connectivity index (χ0) is 15.6. The average Bonchev–Trinajstić information content (AvgIpc) is 2.75. The SMILES string of the molecule is CCC(NC(C)c1cc(C)sc1C)c1ccc(Cl)cc1Cl. The van der Waals surface area contributed by atoms with Crippen LogP contribution in [0.3, 0.4) is 0 Å². The van der Waals surface area contributed by atoms with Gasteiger partial charge in [-0.1, -0.05) is 36.2 Å². The van der Waals surface area contributed by atoms with Gasteiger partial charge in [-0.15, -0.1) is 11.3 Å². The molecule has 2 atom stereocenters. The molecule has 114 valence electrons. The molecule has 1 nitrogen and oxygen atoms in total. The first-order valence-electron chi connectivity index (χ1n) is 7.20. The average molecular weight is 342 g/mol. The maximum absolute atomic E-state index is 6.35. The van der Waals surface area contributed by atoms with E-state index in [0.717, 1.165) is 17.0 Å². The zero-order valence-electron chi connectivity index (χ0n) is 12.8. The van der Waals surface area contributed by atoms with Crippen molar-refractivity contribution >= 4 is 34.5 Å². The van der Waals surface area contributed by atoms with Crippen LogP contribution in [-0.4, -0.2) is 0 Å². The molecule has 0 aliphatic heterocycles. The summed E-state index contributed by atoms with van der Waals surface area (Å²) in [6, 6.07) is 8.53. The molecule has 1 aromatic carbocycles. The molecule has 0 bridgehead atoms. The molecule has 4 heteroatoms. The fourth-order valence-corrected chi connectivity index (χ4v) is 4.25. The van der Waals surface area contributed by atoms with Gasteiger partial charge in [0.25, 0.3) is 0 Å². The summed E-state index contributed by atoms with van der Waals surface area (Å²) in [5.74, 6) is 0. The first-order chi connectivity index (χ1) is 9.92. The molecular weight excluding hydrogens is 321 g/mol. The molecule has 1 heterocycles. The molecule has 2 rings (SSSR count). The van der Waals surface area contributed by atoms with Crippen LogP contribution < -0.4 is 5.32 Å². The van der Waals surface area contributed by atoms with Gasteiger partial charge in [0.15, 0.2) is 0 Å². The molecule has 0 aliphatic rings. The largest absolute Gasteiger partial charge is 0.303 e. The normalized spacial score (nSPS) is 14.2. The molecule has 2 aromatic rings. The van der Waals surface area contributed by atoms with Gasteiger partial charge in [-0.25, -0.2) is 0 Å². The number of hydrogen-bond acceptors (Lipinski definition) is 2. The molecule has 1 aromatic heterocycles. The Bertz CT molecular complexity index is 621. The molecule has 2 unspecified atom stereocenters. The van der Waals surface area contributed by atoms with E-state index in [0.29, 0.717) is 11.1 Å². The third-order valence-corrected chi connectivity index (χ3v) is 5.29. The van der Waals surface area contributed by atoms with Crippen molar-refractivity contribution in [3.8, 4) is 0 Å². The predicted molar refractivity (Wildman–Crippen MR) is 94.8 cm³/mol. The predicted octanol–water partition coefficient (Wildman–Crippen LogP) is 6.47. The second-order valence-electron chi connectivity index (χ2n) is 5.38. The summed E-state index contributed by atoms with van der Waals surface area (Å²) in [5.41, 5.74) is 2.49. The molecule has 0 spiro atoms. The van der Waals surface area contributed by atoms with Crippen LogP contribution in [0.15, 0.2) is 24.3 Å². The lowest BCUT2D eigenvalue weighted by Crippen LogP contribution is -2.24. The zero-order valence-corrected chi connectivity index (χ0v) is 15.2. The van der Waals surface area contributed by atoms with Crippen LogP contribution in [0.4, 0.5) is 0 Å². The minimum Gasteiger partial charge on any atom is -0.303 e. The van der Waals surface area contributed by atoms with Gasteiger partial charge in [0, 0.05) is 31.9 Å². The third kappa shape index (κ3) is 4.01. The van der Waals surface area contributed by atoms with E-state index >= 15 is 0 Å². The summed E-state index contributed by atoms with van der Waals surface area (Å²) in [7, 11) is 0. The van der Waals surface area contributed by atoms with Gasteiger partial charge >= 0.3 is 0 Å². The standard InChI is InChI=1S/C17H21Cl2NS/c1-5-17(14-7-6-13(18)9-16(14)19)20-11(3)15-8-10(2)21-12(15)4/h6-9,11,17,20H,5H2,1-4H3. The molecule has 0 amide bonds. The number of hydrogen-bond donors (Lipinski definition) is 1. The van der Waals surface area contributed by atoms with Gasteiger partial charge in [0.2, 0.25) is 0 Å². The summed E-state index contributed by atoms with van der Waals surface area (Å²) >= 11 is 14.2. The van der Waals surface area contributed by atoms with Crippen LogP contribution in [-0.2, 0) is 0 Å². The smallest absolute Gasteiger partial charge is 0.0468 e. The Balaban J connectivity index is 2.20. The van der Waals surface area contributed by atoms with Gasteiger partial charge in [-0.3, -0.25) is 0 Å². The van der Waals surface area contributed by atoms with Crippen molar-refractivity contribution in [2.75, 3.05) is 0 Å². The Morgan fingerprint density at radius 3 is 2.38 bits per heavy atom. The fraction of sp³-hybridized carbons (Fsp3) is 0.412. The Hall–Kier alpha value is -0.540. The maximum atomic E-state index is 6.35. The number of benzene rings is 1. The number of nitrogens with one attached hydrogen (secondary N) is 1. The monoisotopic (exact) mass is 341 g/mol. The van der Waals surface area contributed by atoms with Crippen LogP contribution in [0.25, 0.3) is 0 Å². The van der Waals surface area contributed by atoms with Crippen molar-refractivity contribution in [2.45, 2.75) is 46.2 Å². The van der Waals surface area contributed by atoms with E-state index in [2.05, 4.69) is 39.1 Å². The van der Waals surface area contributed by atoms with E-state index in [1.54, 1.807) is 0 Å². The van der Waals surface area contributed by atoms with Crippen LogP contribution >= 0.6 is 34.5 Å².